The van der Waals surface area contributed by atoms with Crippen LogP contribution in [0.3, 0.4) is 0 Å². The van der Waals surface area contributed by atoms with E-state index in [1.807, 2.05) is 13.8 Å². The van der Waals surface area contributed by atoms with Gasteiger partial charge in [-0.15, -0.1) is 0 Å². The van der Waals surface area contributed by atoms with Crippen molar-refractivity contribution in [1.82, 2.24) is 0 Å². The van der Waals surface area contributed by atoms with Crippen LogP contribution in [0.5, 0.6) is 0 Å². The van der Waals surface area contributed by atoms with Gasteiger partial charge in [-0.1, -0.05) is 87.0 Å². The minimum atomic E-state index is -4.36. The first-order valence-corrected chi connectivity index (χ1v) is 12.8. The fourth-order valence-electron chi connectivity index (χ4n) is 3.28. The highest BCUT2D eigenvalue weighted by Gasteiger charge is 2.64. The molecule has 0 rings (SSSR count). The second-order valence-corrected chi connectivity index (χ2v) is 11.3. The van der Waals surface area contributed by atoms with E-state index in [2.05, 4.69) is 13.8 Å². The molecule has 0 aliphatic carbocycles. The van der Waals surface area contributed by atoms with Crippen LogP contribution in [0, 0.1) is 17.3 Å². The van der Waals surface area contributed by atoms with Gasteiger partial charge in [-0.2, -0.15) is 0 Å². The molecule has 2 N–H and O–H groups in total. The van der Waals surface area contributed by atoms with Gasteiger partial charge in [0.1, 0.15) is 0 Å². The van der Waals surface area contributed by atoms with Crippen molar-refractivity contribution in [2.75, 3.05) is 13.2 Å². The van der Waals surface area contributed by atoms with E-state index in [4.69, 9.17) is 9.05 Å². The molecule has 0 aromatic rings. The summed E-state index contributed by atoms with van der Waals surface area (Å²) in [6, 6.07) is 0. The Morgan fingerprint density at radius 2 is 1.28 bits per heavy atom. The van der Waals surface area contributed by atoms with Gasteiger partial charge < -0.3 is 19.3 Å². The van der Waals surface area contributed by atoms with Crippen LogP contribution in [0.1, 0.15) is 99.8 Å². The van der Waals surface area contributed by atoms with Crippen LogP contribution in [0.4, 0.5) is 0 Å². The number of unbranched alkanes of at least 4 members (excludes halogenated alkanes) is 2. The van der Waals surface area contributed by atoms with Gasteiger partial charge in [0.2, 0.25) is 0 Å². The third-order valence-corrected chi connectivity index (χ3v) is 8.42. The van der Waals surface area contributed by atoms with Crippen LogP contribution in [0.2, 0.25) is 0 Å². The Morgan fingerprint density at radius 3 is 1.52 bits per heavy atom. The predicted octanol–water partition coefficient (Wildman–Crippen LogP) is 6.46. The summed E-state index contributed by atoms with van der Waals surface area (Å²) in [6.45, 7) is 13.1. The van der Waals surface area contributed by atoms with Crippen LogP contribution >= 0.6 is 7.60 Å². The molecular weight excluding hydrogens is 391 g/mol. The molecule has 0 saturated carbocycles. The highest BCUT2D eigenvalue weighted by molar-refractivity contribution is 7.56. The van der Waals surface area contributed by atoms with E-state index in [1.165, 1.54) is 0 Å². The molecule has 0 aromatic carbocycles. The molecule has 3 atom stereocenters. The molecule has 0 amide bonds. The third kappa shape index (κ3) is 7.97. The SMILES string of the molecule is CCCCC(CC)COP(=O)(OCC(CC)CCCC)C(O)(C(=O)O)C(C)(C)C. The number of hydrogen-bond acceptors (Lipinski definition) is 5. The molecule has 0 aliphatic rings. The van der Waals surface area contributed by atoms with E-state index in [9.17, 15) is 19.6 Å². The Labute approximate surface area is 178 Å². The van der Waals surface area contributed by atoms with Crippen LogP contribution < -0.4 is 0 Å². The minimum Gasteiger partial charge on any atom is -0.479 e. The van der Waals surface area contributed by atoms with E-state index in [-0.39, 0.29) is 25.0 Å². The quantitative estimate of drug-likeness (QED) is 0.270. The molecule has 0 aromatic heterocycles. The first-order valence-electron chi connectivity index (χ1n) is 11.3. The van der Waals surface area contributed by atoms with E-state index < -0.39 is 24.3 Å². The van der Waals surface area contributed by atoms with Crippen molar-refractivity contribution < 1.29 is 28.6 Å². The van der Waals surface area contributed by atoms with Gasteiger partial charge in [-0.25, -0.2) is 4.79 Å². The summed E-state index contributed by atoms with van der Waals surface area (Å²) in [5, 5.41) is 18.4. The van der Waals surface area contributed by atoms with Crippen LogP contribution in [0.25, 0.3) is 0 Å². The molecule has 0 aliphatic heterocycles. The Morgan fingerprint density at radius 1 is 0.897 bits per heavy atom. The fourth-order valence-corrected chi connectivity index (χ4v) is 5.59. The van der Waals surface area contributed by atoms with Crippen molar-refractivity contribution in [1.29, 1.82) is 0 Å². The van der Waals surface area contributed by atoms with Gasteiger partial charge in [0.15, 0.2) is 0 Å². The van der Waals surface area contributed by atoms with Crippen molar-refractivity contribution in [3.8, 4) is 0 Å². The van der Waals surface area contributed by atoms with Gasteiger partial charge in [0.05, 0.1) is 13.2 Å². The highest BCUT2D eigenvalue weighted by Crippen LogP contribution is 2.65. The van der Waals surface area contributed by atoms with E-state index in [1.54, 1.807) is 20.8 Å². The highest BCUT2D eigenvalue weighted by atomic mass is 31.2. The van der Waals surface area contributed by atoms with Crippen molar-refractivity contribution in [2.45, 2.75) is 105 Å². The number of rotatable bonds is 16. The summed E-state index contributed by atoms with van der Waals surface area (Å²) in [7, 11) is -4.36. The molecule has 0 bridgehead atoms. The summed E-state index contributed by atoms with van der Waals surface area (Å²) in [5.41, 5.74) is -1.23. The summed E-state index contributed by atoms with van der Waals surface area (Å²) in [4.78, 5) is 12.1. The summed E-state index contributed by atoms with van der Waals surface area (Å²) < 4.78 is 25.3. The van der Waals surface area contributed by atoms with Gasteiger partial charge >= 0.3 is 13.6 Å². The van der Waals surface area contributed by atoms with Gasteiger partial charge in [-0.3, -0.25) is 4.57 Å². The number of carboxylic acid groups (broad SMARTS) is 1. The molecule has 6 nitrogen and oxygen atoms in total. The van der Waals surface area contributed by atoms with Gasteiger partial charge in [0.25, 0.3) is 5.34 Å². The third-order valence-electron chi connectivity index (χ3n) is 5.79. The smallest absolute Gasteiger partial charge is 0.374 e. The maximum absolute atomic E-state index is 13.8. The maximum Gasteiger partial charge on any atom is 0.374 e. The Kier molecular flexibility index (Phi) is 12.9. The van der Waals surface area contributed by atoms with Crippen LogP contribution in [-0.4, -0.2) is 34.7 Å². The normalized spacial score (nSPS) is 18.6. The lowest BCUT2D eigenvalue weighted by molar-refractivity contribution is -0.161. The molecule has 3 unspecified atom stereocenters. The second kappa shape index (κ2) is 13.1. The number of carbonyl (C=O) groups is 1. The summed E-state index contributed by atoms with van der Waals surface area (Å²) in [6.07, 6.45) is 7.59. The lowest BCUT2D eigenvalue weighted by Crippen LogP contribution is -2.50. The molecule has 174 valence electrons. The Bertz CT molecular complexity index is 492. The van der Waals surface area contributed by atoms with Gasteiger partial charge in [-0.05, 0) is 24.7 Å². The molecular formula is C22H45O6P. The standard InChI is InChI=1S/C22H45O6P/c1-8-12-14-18(10-3)16-27-29(26,22(25,20(23)24)21(5,6)7)28-17-19(11-4)15-13-9-2/h18-19,25H,8-17H2,1-7H3,(H,23,24). The summed E-state index contributed by atoms with van der Waals surface area (Å²) in [5.74, 6) is -1.28. The molecule has 0 spiro atoms. The topological polar surface area (TPSA) is 93.1 Å². The lowest BCUT2D eigenvalue weighted by atomic mass is 9.88. The Hall–Kier alpha value is -0.420. The molecule has 0 fully saturated rings. The monoisotopic (exact) mass is 436 g/mol. The first kappa shape index (κ1) is 28.6. The van der Waals surface area contributed by atoms with Crippen LogP contribution in [-0.2, 0) is 18.4 Å². The van der Waals surface area contributed by atoms with E-state index in [0.717, 1.165) is 51.4 Å². The largest absolute Gasteiger partial charge is 0.479 e. The molecule has 0 radical (unpaired) electrons. The number of aliphatic carboxylic acids is 1. The molecule has 0 heterocycles. The predicted molar refractivity (Wildman–Crippen MR) is 118 cm³/mol. The maximum atomic E-state index is 13.8. The van der Waals surface area contributed by atoms with Gasteiger partial charge in [0, 0.05) is 5.41 Å². The van der Waals surface area contributed by atoms with E-state index >= 15 is 0 Å². The number of carboxylic acids is 1. The fraction of sp³-hybridized carbons (Fsp3) is 0.955. The number of hydrogen-bond donors (Lipinski definition) is 2. The summed E-state index contributed by atoms with van der Waals surface area (Å²) >= 11 is 0. The number of aliphatic hydroxyl groups is 1. The molecule has 0 saturated heterocycles. The van der Waals surface area contributed by atoms with Crippen molar-refractivity contribution in [2.24, 2.45) is 17.3 Å². The molecule has 29 heavy (non-hydrogen) atoms. The van der Waals surface area contributed by atoms with Crippen molar-refractivity contribution in [3.05, 3.63) is 0 Å². The zero-order chi connectivity index (χ0) is 22.7. The van der Waals surface area contributed by atoms with Crippen molar-refractivity contribution >= 4 is 13.6 Å². The second-order valence-electron chi connectivity index (χ2n) is 9.15. The zero-order valence-electron chi connectivity index (χ0n) is 19.7. The van der Waals surface area contributed by atoms with E-state index in [0.29, 0.717) is 0 Å². The lowest BCUT2D eigenvalue weighted by Gasteiger charge is -2.41. The average molecular weight is 437 g/mol. The molecule has 7 heteroatoms. The minimum absolute atomic E-state index is 0.116. The zero-order valence-corrected chi connectivity index (χ0v) is 20.6. The first-order chi connectivity index (χ1) is 13.4. The van der Waals surface area contributed by atoms with Crippen LogP contribution in [0.15, 0.2) is 0 Å². The Balaban J connectivity index is 5.72. The average Bonchev–Trinajstić information content (AvgIpc) is 2.66. The van der Waals surface area contributed by atoms with Crippen molar-refractivity contribution in [3.63, 3.8) is 0 Å².